The van der Waals surface area contributed by atoms with Gasteiger partial charge in [0.15, 0.2) is 11.5 Å². The van der Waals surface area contributed by atoms with Gasteiger partial charge in [-0.2, -0.15) is 0 Å². The molecule has 0 saturated carbocycles. The van der Waals surface area contributed by atoms with Crippen molar-refractivity contribution in [1.29, 1.82) is 0 Å². The third kappa shape index (κ3) is 3.65. The van der Waals surface area contributed by atoms with Crippen molar-refractivity contribution >= 4 is 0 Å². The third-order valence-electron chi connectivity index (χ3n) is 3.84. The second-order valence-electron chi connectivity index (χ2n) is 5.28. The number of hydrogen-bond donors (Lipinski definition) is 2. The summed E-state index contributed by atoms with van der Waals surface area (Å²) in [4.78, 5) is 1.22. The molecule has 4 heteroatoms. The first-order valence-electron chi connectivity index (χ1n) is 7.31. The molecule has 0 amide bonds. The van der Waals surface area contributed by atoms with Crippen molar-refractivity contribution in [2.24, 2.45) is 0 Å². The van der Waals surface area contributed by atoms with E-state index < -0.39 is 6.10 Å². The van der Waals surface area contributed by atoms with Crippen LogP contribution in [0.25, 0.3) is 0 Å². The zero-order valence-corrected chi connectivity index (χ0v) is 12.5. The Balaban J connectivity index is 2.15. The van der Waals surface area contributed by atoms with Crippen molar-refractivity contribution in [3.05, 3.63) is 49.1 Å². The first-order valence-corrected chi connectivity index (χ1v) is 7.31. The molecule has 1 aliphatic rings. The fourth-order valence-electron chi connectivity index (χ4n) is 2.58. The predicted octanol–water partition coefficient (Wildman–Crippen LogP) is 1.14. The van der Waals surface area contributed by atoms with Crippen LogP contribution >= 0.6 is 0 Å². The van der Waals surface area contributed by atoms with Gasteiger partial charge in [0, 0.05) is 0 Å². The van der Waals surface area contributed by atoms with Crippen LogP contribution in [0.15, 0.2) is 43.5 Å². The molecule has 0 fully saturated rings. The molecule has 0 aromatic heterocycles. The maximum atomic E-state index is 10.6. The average molecular weight is 290 g/mol. The maximum Gasteiger partial charge on any atom is 0.161 e. The Morgan fingerprint density at radius 3 is 2.43 bits per heavy atom. The van der Waals surface area contributed by atoms with Crippen LogP contribution < -0.4 is 14.4 Å². The largest absolute Gasteiger partial charge is 0.486 e. The predicted molar refractivity (Wildman–Crippen MR) is 82.9 cm³/mol. The molecule has 0 bridgehead atoms. The van der Waals surface area contributed by atoms with E-state index in [4.69, 9.17) is 9.47 Å². The highest BCUT2D eigenvalue weighted by Crippen LogP contribution is 2.33. The molecule has 2 rings (SSSR count). The molecule has 0 unspecified atom stereocenters. The van der Waals surface area contributed by atoms with Gasteiger partial charge in [-0.05, 0) is 36.8 Å². The third-order valence-corrected chi connectivity index (χ3v) is 3.84. The number of benzene rings is 1. The molecule has 0 spiro atoms. The molecular formula is C17H24NO3+. The van der Waals surface area contributed by atoms with Crippen LogP contribution in [0.3, 0.4) is 0 Å². The summed E-state index contributed by atoms with van der Waals surface area (Å²) in [6.07, 6.45) is 3.16. The van der Waals surface area contributed by atoms with Gasteiger partial charge in [-0.25, -0.2) is 0 Å². The van der Waals surface area contributed by atoms with Crippen LogP contribution in [0, 0.1) is 0 Å². The Bertz CT molecular complexity index is 491. The molecule has 4 nitrogen and oxygen atoms in total. The molecule has 0 aliphatic carbocycles. The minimum atomic E-state index is -0.573. The Kier molecular flexibility index (Phi) is 5.42. The fourth-order valence-corrected chi connectivity index (χ4v) is 2.58. The average Bonchev–Trinajstić information content (AvgIpc) is 2.53. The molecule has 0 radical (unpaired) electrons. The first-order chi connectivity index (χ1) is 10.2. The lowest BCUT2D eigenvalue weighted by molar-refractivity contribution is -0.916. The smallest absolute Gasteiger partial charge is 0.161 e. The zero-order valence-electron chi connectivity index (χ0n) is 12.5. The number of quaternary nitrogens is 1. The van der Waals surface area contributed by atoms with Gasteiger partial charge in [-0.3, -0.25) is 0 Å². The van der Waals surface area contributed by atoms with Gasteiger partial charge in [0.05, 0.1) is 13.1 Å². The number of ether oxygens (including phenoxy) is 2. The van der Waals surface area contributed by atoms with Gasteiger partial charge >= 0.3 is 0 Å². The quantitative estimate of drug-likeness (QED) is 0.740. The minimum absolute atomic E-state index is 0.0311. The van der Waals surface area contributed by atoms with Crippen molar-refractivity contribution in [3.8, 4) is 11.5 Å². The summed E-state index contributed by atoms with van der Waals surface area (Å²) in [7, 11) is 0. The second kappa shape index (κ2) is 7.29. The molecule has 1 heterocycles. The van der Waals surface area contributed by atoms with Gasteiger partial charge in [0.25, 0.3) is 0 Å². The summed E-state index contributed by atoms with van der Waals surface area (Å²) in [5.74, 6) is 1.45. The van der Waals surface area contributed by atoms with Gasteiger partial charge in [0.1, 0.15) is 25.4 Å². The van der Waals surface area contributed by atoms with E-state index in [0.717, 1.165) is 24.4 Å². The molecule has 1 aromatic rings. The summed E-state index contributed by atoms with van der Waals surface area (Å²) in [5.41, 5.74) is 0.845. The van der Waals surface area contributed by atoms with E-state index >= 15 is 0 Å². The number of fused-ring (bicyclic) bond motifs is 1. The topological polar surface area (TPSA) is 43.1 Å². The molecule has 1 aliphatic heterocycles. The van der Waals surface area contributed by atoms with E-state index in [1.54, 1.807) is 0 Å². The number of aliphatic hydroxyl groups excluding tert-OH is 1. The lowest BCUT2D eigenvalue weighted by Crippen LogP contribution is -3.15. The Labute approximate surface area is 126 Å². The summed E-state index contributed by atoms with van der Waals surface area (Å²) < 4.78 is 11.1. The molecule has 0 saturated heterocycles. The summed E-state index contributed by atoms with van der Waals surface area (Å²) in [6, 6.07) is 5.66. The SMILES string of the molecule is C=CC[NH+](CC=C)[C@@H](C)[C@H](O)c1ccc2c(c1)OCCO2. The van der Waals surface area contributed by atoms with Crippen LogP contribution in [0.5, 0.6) is 11.5 Å². The molecule has 21 heavy (non-hydrogen) atoms. The normalized spacial score (nSPS) is 16.3. The Morgan fingerprint density at radius 1 is 1.19 bits per heavy atom. The molecule has 1 aromatic carbocycles. The van der Waals surface area contributed by atoms with Gasteiger partial charge in [-0.15, -0.1) is 0 Å². The van der Waals surface area contributed by atoms with E-state index in [1.807, 2.05) is 37.3 Å². The number of aliphatic hydroxyl groups is 1. The van der Waals surface area contributed by atoms with Gasteiger partial charge in [-0.1, -0.05) is 19.2 Å². The van der Waals surface area contributed by atoms with Gasteiger partial charge in [0.2, 0.25) is 0 Å². The number of rotatable bonds is 7. The highest BCUT2D eigenvalue weighted by Gasteiger charge is 2.26. The van der Waals surface area contributed by atoms with E-state index in [1.165, 1.54) is 4.90 Å². The van der Waals surface area contributed by atoms with E-state index in [0.29, 0.717) is 19.0 Å². The minimum Gasteiger partial charge on any atom is -0.486 e. The van der Waals surface area contributed by atoms with Crippen molar-refractivity contribution < 1.29 is 19.5 Å². The second-order valence-corrected chi connectivity index (χ2v) is 5.28. The first kappa shape index (κ1) is 15.6. The van der Waals surface area contributed by atoms with E-state index in [-0.39, 0.29) is 6.04 Å². The molecule has 114 valence electrons. The lowest BCUT2D eigenvalue weighted by atomic mass is 10.0. The van der Waals surface area contributed by atoms with Crippen molar-refractivity contribution in [1.82, 2.24) is 0 Å². The summed E-state index contributed by atoms with van der Waals surface area (Å²) in [6.45, 7) is 12.3. The fraction of sp³-hybridized carbons (Fsp3) is 0.412. The lowest BCUT2D eigenvalue weighted by Gasteiger charge is -2.28. The van der Waals surface area contributed by atoms with Crippen molar-refractivity contribution in [3.63, 3.8) is 0 Å². The van der Waals surface area contributed by atoms with E-state index in [2.05, 4.69) is 13.2 Å². The zero-order chi connectivity index (χ0) is 15.2. The summed E-state index contributed by atoms with van der Waals surface area (Å²) in [5, 5.41) is 10.6. The van der Waals surface area contributed by atoms with Crippen LogP contribution in [0.1, 0.15) is 18.6 Å². The Hall–Kier alpha value is -1.78. The van der Waals surface area contributed by atoms with Crippen LogP contribution in [0.4, 0.5) is 0 Å². The van der Waals surface area contributed by atoms with Crippen molar-refractivity contribution in [2.45, 2.75) is 19.1 Å². The van der Waals surface area contributed by atoms with Crippen molar-refractivity contribution in [2.75, 3.05) is 26.3 Å². The maximum absolute atomic E-state index is 10.6. The number of hydrogen-bond acceptors (Lipinski definition) is 3. The Morgan fingerprint density at radius 2 is 1.81 bits per heavy atom. The highest BCUT2D eigenvalue weighted by atomic mass is 16.6. The van der Waals surface area contributed by atoms with Crippen LogP contribution in [-0.2, 0) is 0 Å². The highest BCUT2D eigenvalue weighted by molar-refractivity contribution is 5.44. The standard InChI is InChI=1S/C17H23NO3/c1-4-8-18(9-5-2)13(3)17(19)14-6-7-15-16(12-14)21-11-10-20-15/h4-7,12-13,17,19H,1-2,8-11H2,3H3/p+1/t13-,17-/m0/s1. The van der Waals surface area contributed by atoms with Gasteiger partial charge < -0.3 is 19.5 Å². The molecule has 2 N–H and O–H groups in total. The monoisotopic (exact) mass is 290 g/mol. The number of nitrogens with one attached hydrogen (secondary N) is 1. The molecular weight excluding hydrogens is 266 g/mol. The summed E-state index contributed by atoms with van der Waals surface area (Å²) >= 11 is 0. The van der Waals surface area contributed by atoms with E-state index in [9.17, 15) is 5.11 Å². The van der Waals surface area contributed by atoms with Crippen LogP contribution in [0.2, 0.25) is 0 Å². The van der Waals surface area contributed by atoms with Crippen LogP contribution in [-0.4, -0.2) is 37.5 Å². The molecule has 2 atom stereocenters.